The van der Waals surface area contributed by atoms with Crippen LogP contribution in [-0.4, -0.2) is 47.8 Å². The van der Waals surface area contributed by atoms with E-state index in [-0.39, 0.29) is 13.2 Å². The second-order valence-electron chi connectivity index (χ2n) is 6.73. The Balaban J connectivity index is 1.57. The second kappa shape index (κ2) is 8.65. The fourth-order valence-corrected chi connectivity index (χ4v) is 3.61. The van der Waals surface area contributed by atoms with Crippen LogP contribution in [0.1, 0.15) is 23.7 Å². The monoisotopic (exact) mass is 426 g/mol. The summed E-state index contributed by atoms with van der Waals surface area (Å²) in [5.74, 6) is 0. The lowest BCUT2D eigenvalue weighted by Gasteiger charge is -2.41. The molecule has 0 amide bonds. The summed E-state index contributed by atoms with van der Waals surface area (Å²) in [7, 11) is 0. The highest BCUT2D eigenvalue weighted by molar-refractivity contribution is 6.30. The molecule has 0 spiro atoms. The Morgan fingerprint density at radius 1 is 0.786 bits per heavy atom. The van der Waals surface area contributed by atoms with Gasteiger partial charge in [0.05, 0.1) is 13.2 Å². The third-order valence-corrected chi connectivity index (χ3v) is 5.32. The Hall–Kier alpha value is -1.22. The summed E-state index contributed by atoms with van der Waals surface area (Å²) in [6.45, 7) is -0.283. The predicted molar refractivity (Wildman–Crippen MR) is 102 cm³/mol. The van der Waals surface area contributed by atoms with E-state index in [4.69, 9.17) is 42.1 Å². The van der Waals surface area contributed by atoms with Crippen LogP contribution < -0.4 is 0 Å². The average Bonchev–Trinajstić information content (AvgIpc) is 2.88. The minimum atomic E-state index is -0.949. The van der Waals surface area contributed by atoms with E-state index < -0.39 is 37.0 Å². The number of hydrogen-bond donors (Lipinski definition) is 2. The van der Waals surface area contributed by atoms with Gasteiger partial charge in [0.25, 0.3) is 0 Å². The largest absolute Gasteiger partial charge is 0.394 e. The van der Waals surface area contributed by atoms with Gasteiger partial charge in [0.1, 0.15) is 24.4 Å². The first kappa shape index (κ1) is 20.1. The van der Waals surface area contributed by atoms with E-state index in [0.717, 1.165) is 11.1 Å². The SMILES string of the molecule is OC[C@@H]1OC(c2ccc(Cl)cc2)O[C@@H]2[C@H]1OC(c1ccc(Cl)cc1)OC[C@H]2O. The maximum Gasteiger partial charge on any atom is 0.184 e. The summed E-state index contributed by atoms with van der Waals surface area (Å²) in [4.78, 5) is 0. The molecule has 2 unspecified atom stereocenters. The molecule has 2 heterocycles. The van der Waals surface area contributed by atoms with Crippen LogP contribution in [0.2, 0.25) is 10.0 Å². The molecular weight excluding hydrogens is 407 g/mol. The molecule has 0 aliphatic carbocycles. The van der Waals surface area contributed by atoms with Gasteiger partial charge >= 0.3 is 0 Å². The first-order valence-corrected chi connectivity index (χ1v) is 9.68. The van der Waals surface area contributed by atoms with Crippen molar-refractivity contribution in [1.82, 2.24) is 0 Å². The fourth-order valence-electron chi connectivity index (χ4n) is 3.36. The molecule has 0 radical (unpaired) electrons. The summed E-state index contributed by atoms with van der Waals surface area (Å²) in [6.07, 6.45) is -4.60. The maximum absolute atomic E-state index is 10.6. The highest BCUT2D eigenvalue weighted by Crippen LogP contribution is 2.38. The van der Waals surface area contributed by atoms with Crippen molar-refractivity contribution in [2.24, 2.45) is 0 Å². The summed E-state index contributed by atoms with van der Waals surface area (Å²) < 4.78 is 23.7. The van der Waals surface area contributed by atoms with Gasteiger partial charge in [0.2, 0.25) is 0 Å². The normalized spacial score (nSPS) is 33.1. The number of aliphatic hydroxyl groups excluding tert-OH is 2. The standard InChI is InChI=1S/C20H20Cl2O6/c21-13-5-1-11(2-6-13)19-25-10-15(24)17-18(28-19)16(9-23)26-20(27-17)12-3-7-14(22)8-4-12/h1-8,15-20,23-24H,9-10H2/t15-,16+,17+,18+,19?,20?/m1/s1. The van der Waals surface area contributed by atoms with Gasteiger partial charge in [-0.3, -0.25) is 0 Å². The number of ether oxygens (including phenoxy) is 4. The molecule has 150 valence electrons. The van der Waals surface area contributed by atoms with Crippen LogP contribution in [0.15, 0.2) is 48.5 Å². The van der Waals surface area contributed by atoms with Crippen molar-refractivity contribution in [3.8, 4) is 0 Å². The van der Waals surface area contributed by atoms with E-state index in [9.17, 15) is 10.2 Å². The lowest BCUT2D eigenvalue weighted by atomic mass is 10.0. The zero-order chi connectivity index (χ0) is 19.7. The molecule has 8 heteroatoms. The molecule has 0 bridgehead atoms. The number of halogens is 2. The van der Waals surface area contributed by atoms with Crippen LogP contribution in [0.3, 0.4) is 0 Å². The third kappa shape index (κ3) is 4.20. The smallest absolute Gasteiger partial charge is 0.184 e. The summed E-state index contributed by atoms with van der Waals surface area (Å²) in [5, 5.41) is 21.7. The van der Waals surface area contributed by atoms with Crippen molar-refractivity contribution in [1.29, 1.82) is 0 Å². The molecule has 2 saturated heterocycles. The maximum atomic E-state index is 10.6. The van der Waals surface area contributed by atoms with Gasteiger partial charge in [0, 0.05) is 21.2 Å². The van der Waals surface area contributed by atoms with Crippen molar-refractivity contribution in [3.05, 3.63) is 69.7 Å². The molecular formula is C20H20Cl2O6. The molecule has 2 N–H and O–H groups in total. The van der Waals surface area contributed by atoms with Crippen LogP contribution >= 0.6 is 23.2 Å². The Labute approximate surface area is 172 Å². The topological polar surface area (TPSA) is 77.4 Å². The first-order valence-electron chi connectivity index (χ1n) is 8.93. The van der Waals surface area contributed by atoms with Crippen molar-refractivity contribution in [2.45, 2.75) is 37.0 Å². The van der Waals surface area contributed by atoms with Gasteiger partial charge in [-0.1, -0.05) is 47.5 Å². The zero-order valence-electron chi connectivity index (χ0n) is 14.8. The van der Waals surface area contributed by atoms with E-state index in [1.165, 1.54) is 0 Å². The minimum absolute atomic E-state index is 0.0138. The molecule has 2 aliphatic rings. The molecule has 2 aliphatic heterocycles. The molecule has 6 atom stereocenters. The van der Waals surface area contributed by atoms with Crippen molar-refractivity contribution >= 4 is 23.2 Å². The molecule has 0 aromatic heterocycles. The third-order valence-electron chi connectivity index (χ3n) is 4.81. The van der Waals surface area contributed by atoms with Crippen LogP contribution in [-0.2, 0) is 18.9 Å². The van der Waals surface area contributed by atoms with Crippen molar-refractivity contribution < 1.29 is 29.2 Å². The zero-order valence-corrected chi connectivity index (χ0v) is 16.3. The van der Waals surface area contributed by atoms with Crippen molar-refractivity contribution in [2.75, 3.05) is 13.2 Å². The Morgan fingerprint density at radius 3 is 1.89 bits per heavy atom. The van der Waals surface area contributed by atoms with Crippen LogP contribution in [0, 0.1) is 0 Å². The second-order valence-corrected chi connectivity index (χ2v) is 7.60. The minimum Gasteiger partial charge on any atom is -0.394 e. The number of fused-ring (bicyclic) bond motifs is 1. The van der Waals surface area contributed by atoms with Crippen molar-refractivity contribution in [3.63, 3.8) is 0 Å². The summed E-state index contributed by atoms with van der Waals surface area (Å²) in [6, 6.07) is 14.0. The van der Waals surface area contributed by atoms with Gasteiger partial charge in [-0.2, -0.15) is 0 Å². The Kier molecular flexibility index (Phi) is 6.20. The number of rotatable bonds is 3. The highest BCUT2D eigenvalue weighted by atomic mass is 35.5. The van der Waals surface area contributed by atoms with E-state index >= 15 is 0 Å². The molecule has 28 heavy (non-hydrogen) atoms. The van der Waals surface area contributed by atoms with Gasteiger partial charge in [-0.05, 0) is 24.3 Å². The molecule has 2 aromatic carbocycles. The van der Waals surface area contributed by atoms with E-state index in [1.54, 1.807) is 48.5 Å². The molecule has 2 fully saturated rings. The van der Waals surface area contributed by atoms with Gasteiger partial charge in [0.15, 0.2) is 12.6 Å². The van der Waals surface area contributed by atoms with E-state index in [2.05, 4.69) is 0 Å². The lowest BCUT2D eigenvalue weighted by molar-refractivity contribution is -0.322. The Morgan fingerprint density at radius 2 is 1.32 bits per heavy atom. The number of aliphatic hydroxyl groups is 2. The highest BCUT2D eigenvalue weighted by Gasteiger charge is 2.47. The molecule has 6 nitrogen and oxygen atoms in total. The number of hydrogen-bond acceptors (Lipinski definition) is 6. The van der Waals surface area contributed by atoms with Gasteiger partial charge in [-0.25, -0.2) is 0 Å². The summed E-state index contributed by atoms with van der Waals surface area (Å²) in [5.41, 5.74) is 1.47. The fraction of sp³-hybridized carbons (Fsp3) is 0.400. The predicted octanol–water partition coefficient (Wildman–Crippen LogP) is 3.24. The van der Waals surface area contributed by atoms with Crippen LogP contribution in [0.4, 0.5) is 0 Å². The summed E-state index contributed by atoms with van der Waals surface area (Å²) >= 11 is 11.9. The molecule has 2 aromatic rings. The van der Waals surface area contributed by atoms with E-state index in [1.807, 2.05) is 0 Å². The van der Waals surface area contributed by atoms with Crippen LogP contribution in [0.25, 0.3) is 0 Å². The quantitative estimate of drug-likeness (QED) is 0.784. The average molecular weight is 427 g/mol. The molecule has 4 rings (SSSR count). The first-order chi connectivity index (χ1) is 13.5. The lowest BCUT2D eigenvalue weighted by Crippen LogP contribution is -2.54. The van der Waals surface area contributed by atoms with Crippen LogP contribution in [0.5, 0.6) is 0 Å². The number of benzene rings is 2. The molecule has 0 saturated carbocycles. The van der Waals surface area contributed by atoms with Gasteiger partial charge in [-0.15, -0.1) is 0 Å². The van der Waals surface area contributed by atoms with E-state index in [0.29, 0.717) is 10.0 Å². The Bertz CT molecular complexity index is 741. The van der Waals surface area contributed by atoms with Gasteiger partial charge < -0.3 is 29.2 Å².